The Morgan fingerprint density at radius 3 is 2.63 bits per heavy atom. The lowest BCUT2D eigenvalue weighted by atomic mass is 10.4. The minimum atomic E-state index is -0.704. The van der Waals surface area contributed by atoms with Crippen molar-refractivity contribution in [1.29, 1.82) is 0 Å². The largest absolute Gasteiger partial charge is 0.468 e. The van der Waals surface area contributed by atoms with E-state index in [-0.39, 0.29) is 36.6 Å². The van der Waals surface area contributed by atoms with Crippen molar-refractivity contribution in [3.05, 3.63) is 38.5 Å². The van der Waals surface area contributed by atoms with Crippen molar-refractivity contribution in [3.63, 3.8) is 0 Å². The van der Waals surface area contributed by atoms with E-state index in [0.29, 0.717) is 5.69 Å². The van der Waals surface area contributed by atoms with Crippen molar-refractivity contribution in [2.75, 3.05) is 19.5 Å². The lowest BCUT2D eigenvalue weighted by Gasteiger charge is -2.10. The molecule has 2 aromatic rings. The fraction of sp³-hybridized carbons (Fsp3) is 0.467. The molecule has 2 heterocycles. The number of carbonyl (C=O) groups excluding carboxylic acids is 2. The number of thioether (sulfide) groups is 1. The van der Waals surface area contributed by atoms with Gasteiger partial charge in [-0.3, -0.25) is 23.5 Å². The fourth-order valence-corrected chi connectivity index (χ4v) is 2.65. The molecule has 0 N–H and O–H groups in total. The van der Waals surface area contributed by atoms with Gasteiger partial charge < -0.3 is 13.9 Å². The first-order chi connectivity index (χ1) is 12.8. The van der Waals surface area contributed by atoms with E-state index in [1.807, 2.05) is 0 Å². The predicted molar refractivity (Wildman–Crippen MR) is 92.5 cm³/mol. The number of methoxy groups -OCH3 is 1. The molecule has 0 amide bonds. The van der Waals surface area contributed by atoms with Crippen molar-refractivity contribution in [1.82, 2.24) is 19.3 Å². The zero-order valence-corrected chi connectivity index (χ0v) is 15.8. The Labute approximate surface area is 157 Å². The van der Waals surface area contributed by atoms with Gasteiger partial charge in [0.05, 0.1) is 13.7 Å². The van der Waals surface area contributed by atoms with E-state index in [9.17, 15) is 19.2 Å². The van der Waals surface area contributed by atoms with Crippen molar-refractivity contribution >= 4 is 23.7 Å². The lowest BCUT2D eigenvalue weighted by molar-refractivity contribution is -0.141. The molecule has 0 bridgehead atoms. The van der Waals surface area contributed by atoms with Gasteiger partial charge in [0.2, 0.25) is 5.89 Å². The van der Waals surface area contributed by atoms with Gasteiger partial charge in [-0.15, -0.1) is 10.2 Å². The molecule has 0 aliphatic rings. The molecule has 2 rings (SSSR count). The Hall–Kier alpha value is -2.89. The van der Waals surface area contributed by atoms with E-state index in [1.54, 1.807) is 6.92 Å². The van der Waals surface area contributed by atoms with Gasteiger partial charge in [0.25, 0.3) is 10.8 Å². The maximum atomic E-state index is 12.5. The molecule has 12 heteroatoms. The monoisotopic (exact) mass is 398 g/mol. The first-order valence-corrected chi connectivity index (χ1v) is 8.83. The van der Waals surface area contributed by atoms with E-state index in [1.165, 1.54) is 20.1 Å². The molecule has 0 fully saturated rings. The van der Waals surface area contributed by atoms with Crippen LogP contribution < -0.4 is 11.2 Å². The number of hydrogen-bond donors (Lipinski definition) is 0. The van der Waals surface area contributed by atoms with Gasteiger partial charge in [0.15, 0.2) is 0 Å². The highest BCUT2D eigenvalue weighted by Gasteiger charge is 2.16. The molecule has 2 aromatic heterocycles. The van der Waals surface area contributed by atoms with Gasteiger partial charge in [-0.1, -0.05) is 11.8 Å². The summed E-state index contributed by atoms with van der Waals surface area (Å²) in [5.74, 6) is -1.05. The van der Waals surface area contributed by atoms with Crippen LogP contribution in [0.15, 0.2) is 25.3 Å². The summed E-state index contributed by atoms with van der Waals surface area (Å²) < 4.78 is 16.6. The van der Waals surface area contributed by atoms with E-state index in [4.69, 9.17) is 9.15 Å². The lowest BCUT2D eigenvalue weighted by Crippen LogP contribution is -2.42. The van der Waals surface area contributed by atoms with E-state index >= 15 is 0 Å². The van der Waals surface area contributed by atoms with Gasteiger partial charge in [0.1, 0.15) is 18.8 Å². The van der Waals surface area contributed by atoms with Crippen LogP contribution in [0.25, 0.3) is 0 Å². The topological polar surface area (TPSA) is 136 Å². The molecule has 0 aliphatic carbocycles. The van der Waals surface area contributed by atoms with Crippen LogP contribution in [0.1, 0.15) is 18.5 Å². The molecular formula is C15H18N4O7S. The van der Waals surface area contributed by atoms with Crippen LogP contribution in [0.4, 0.5) is 0 Å². The zero-order chi connectivity index (χ0) is 20.0. The molecule has 0 unspecified atom stereocenters. The fourth-order valence-electron chi connectivity index (χ4n) is 2.08. The SMILES string of the molecule is CCOC(=O)CSc1nnc(Cn2c(=O)cc(C)n(CC(=O)OC)c2=O)o1. The molecule has 0 saturated carbocycles. The number of carbonyl (C=O) groups is 2. The summed E-state index contributed by atoms with van der Waals surface area (Å²) in [5.41, 5.74) is -0.954. The second-order valence-corrected chi connectivity index (χ2v) is 6.14. The molecule has 0 aromatic carbocycles. The third kappa shape index (κ3) is 5.29. The summed E-state index contributed by atoms with van der Waals surface area (Å²) in [5, 5.41) is 7.61. The summed E-state index contributed by atoms with van der Waals surface area (Å²) in [4.78, 5) is 47.5. The van der Waals surface area contributed by atoms with Crippen LogP contribution in [0.5, 0.6) is 0 Å². The number of aromatic nitrogens is 4. The van der Waals surface area contributed by atoms with Crippen LogP contribution in [0.2, 0.25) is 0 Å². The van der Waals surface area contributed by atoms with Crippen molar-refractivity contribution < 1.29 is 23.5 Å². The molecule has 0 aliphatic heterocycles. The maximum Gasteiger partial charge on any atom is 0.332 e. The number of esters is 2. The highest BCUT2D eigenvalue weighted by Crippen LogP contribution is 2.16. The van der Waals surface area contributed by atoms with Gasteiger partial charge >= 0.3 is 17.6 Å². The second kappa shape index (κ2) is 9.16. The third-order valence-electron chi connectivity index (χ3n) is 3.36. The first kappa shape index (κ1) is 20.4. The van der Waals surface area contributed by atoms with Crippen molar-refractivity contribution in [3.8, 4) is 0 Å². The van der Waals surface area contributed by atoms with Crippen LogP contribution >= 0.6 is 11.8 Å². The zero-order valence-electron chi connectivity index (χ0n) is 15.0. The highest BCUT2D eigenvalue weighted by atomic mass is 32.2. The van der Waals surface area contributed by atoms with Crippen LogP contribution in [0, 0.1) is 6.92 Å². The summed E-state index contributed by atoms with van der Waals surface area (Å²) in [6.45, 7) is 2.90. The predicted octanol–water partition coefficient (Wildman–Crippen LogP) is -0.422. The van der Waals surface area contributed by atoms with Crippen LogP contribution in [-0.2, 0) is 32.2 Å². The standard InChI is InChI=1S/C15H18N4O7S/c1-4-25-13(22)8-27-14-17-16-10(26-14)6-19-11(20)5-9(2)18(15(19)23)7-12(21)24-3/h5H,4,6-8H2,1-3H3. The first-order valence-electron chi connectivity index (χ1n) is 7.84. The Bertz CT molecular complexity index is 946. The number of hydrogen-bond acceptors (Lipinski definition) is 10. The molecule has 146 valence electrons. The summed E-state index contributed by atoms with van der Waals surface area (Å²) in [6.07, 6.45) is 0. The van der Waals surface area contributed by atoms with E-state index < -0.39 is 23.2 Å². The highest BCUT2D eigenvalue weighted by molar-refractivity contribution is 7.99. The van der Waals surface area contributed by atoms with Crippen LogP contribution in [-0.4, -0.2) is 50.7 Å². The summed E-state index contributed by atoms with van der Waals surface area (Å²) in [6, 6.07) is 1.22. The van der Waals surface area contributed by atoms with Crippen LogP contribution in [0.3, 0.4) is 0 Å². The Balaban J connectivity index is 2.19. The van der Waals surface area contributed by atoms with Gasteiger partial charge in [-0.2, -0.15) is 0 Å². The Morgan fingerprint density at radius 1 is 1.22 bits per heavy atom. The molecular weight excluding hydrogens is 380 g/mol. The summed E-state index contributed by atoms with van der Waals surface area (Å²) in [7, 11) is 1.20. The Morgan fingerprint density at radius 2 is 1.96 bits per heavy atom. The normalized spacial score (nSPS) is 10.6. The van der Waals surface area contributed by atoms with Gasteiger partial charge in [-0.25, -0.2) is 4.79 Å². The van der Waals surface area contributed by atoms with E-state index in [2.05, 4.69) is 14.9 Å². The molecule has 0 radical (unpaired) electrons. The maximum absolute atomic E-state index is 12.5. The number of rotatable bonds is 8. The quantitative estimate of drug-likeness (QED) is 0.426. The number of ether oxygens (including phenoxy) is 2. The average molecular weight is 398 g/mol. The molecule has 0 saturated heterocycles. The van der Waals surface area contributed by atoms with Crippen molar-refractivity contribution in [2.45, 2.75) is 32.2 Å². The smallest absolute Gasteiger partial charge is 0.332 e. The minimum absolute atomic E-state index is 0.00805. The molecule has 27 heavy (non-hydrogen) atoms. The minimum Gasteiger partial charge on any atom is -0.468 e. The number of aryl methyl sites for hydroxylation is 1. The second-order valence-electron chi connectivity index (χ2n) is 5.21. The summed E-state index contributed by atoms with van der Waals surface area (Å²) >= 11 is 0.979. The van der Waals surface area contributed by atoms with E-state index in [0.717, 1.165) is 20.9 Å². The third-order valence-corrected chi connectivity index (χ3v) is 4.15. The van der Waals surface area contributed by atoms with Gasteiger partial charge in [0, 0.05) is 11.8 Å². The van der Waals surface area contributed by atoms with Crippen molar-refractivity contribution in [2.24, 2.45) is 0 Å². The van der Waals surface area contributed by atoms with Gasteiger partial charge in [-0.05, 0) is 13.8 Å². The average Bonchev–Trinajstić information content (AvgIpc) is 3.08. The molecule has 11 nitrogen and oxygen atoms in total. The molecule has 0 atom stereocenters. The molecule has 0 spiro atoms. The number of nitrogens with zero attached hydrogens (tertiary/aromatic N) is 4. The Kier molecular flexibility index (Phi) is 6.93.